The molecule has 3 aromatic rings. The molecule has 1 aromatic carbocycles. The minimum absolute atomic E-state index is 0.262. The van der Waals surface area contributed by atoms with Gasteiger partial charge in [-0.05, 0) is 51.7 Å². The first kappa shape index (κ1) is 17.1. The molecule has 2 aromatic heterocycles. The van der Waals surface area contributed by atoms with E-state index in [1.165, 1.54) is 12.1 Å². The molecule has 0 aliphatic heterocycles. The average molecular weight is 347 g/mol. The number of hydrogen-bond acceptors (Lipinski definition) is 5. The van der Waals surface area contributed by atoms with Crippen LogP contribution >= 0.6 is 11.8 Å². The molecule has 5 nitrogen and oxygen atoms in total. The van der Waals surface area contributed by atoms with Gasteiger partial charge in [0.1, 0.15) is 11.3 Å². The van der Waals surface area contributed by atoms with Gasteiger partial charge in [0.05, 0.1) is 5.52 Å². The number of thioether (sulfide) groups is 1. The van der Waals surface area contributed by atoms with Crippen molar-refractivity contribution in [2.45, 2.75) is 31.5 Å². The van der Waals surface area contributed by atoms with E-state index >= 15 is 0 Å². The van der Waals surface area contributed by atoms with E-state index in [-0.39, 0.29) is 5.82 Å². The van der Waals surface area contributed by atoms with Gasteiger partial charge in [-0.3, -0.25) is 0 Å². The number of halogens is 1. The molecule has 0 bridgehead atoms. The van der Waals surface area contributed by atoms with Crippen molar-refractivity contribution in [3.63, 3.8) is 0 Å². The maximum atomic E-state index is 13.6. The minimum atomic E-state index is -0.262. The second kappa shape index (κ2) is 7.44. The van der Waals surface area contributed by atoms with E-state index in [4.69, 9.17) is 4.98 Å². The highest BCUT2D eigenvalue weighted by Gasteiger charge is 2.15. The fraction of sp³-hybridized carbons (Fsp3) is 0.471. The van der Waals surface area contributed by atoms with Crippen LogP contribution in [0.3, 0.4) is 0 Å². The Morgan fingerprint density at radius 1 is 1.25 bits per heavy atom. The van der Waals surface area contributed by atoms with Gasteiger partial charge >= 0.3 is 0 Å². The monoisotopic (exact) mass is 347 g/mol. The van der Waals surface area contributed by atoms with E-state index in [1.54, 1.807) is 17.8 Å². The summed E-state index contributed by atoms with van der Waals surface area (Å²) in [6, 6.07) is 4.80. The second-order valence-electron chi connectivity index (χ2n) is 6.08. The molecule has 128 valence electrons. The molecule has 24 heavy (non-hydrogen) atoms. The number of aromatic nitrogens is 4. The quantitative estimate of drug-likeness (QED) is 0.483. The predicted molar refractivity (Wildman–Crippen MR) is 97.0 cm³/mol. The fourth-order valence-electron chi connectivity index (χ4n) is 2.77. The van der Waals surface area contributed by atoms with Crippen LogP contribution < -0.4 is 0 Å². The van der Waals surface area contributed by atoms with Crippen LogP contribution in [0.25, 0.3) is 22.1 Å². The lowest BCUT2D eigenvalue weighted by Crippen LogP contribution is -2.13. The van der Waals surface area contributed by atoms with E-state index in [0.29, 0.717) is 10.7 Å². The molecule has 0 saturated carbocycles. The SMILES string of the molecule is CCCn1c2ccc(F)cc2c2nnc(SCCCN(C)C)nc21. The first-order valence-electron chi connectivity index (χ1n) is 8.20. The number of hydrogen-bond donors (Lipinski definition) is 0. The molecule has 7 heteroatoms. The molecule has 0 fully saturated rings. The maximum absolute atomic E-state index is 13.6. The Balaban J connectivity index is 1.95. The van der Waals surface area contributed by atoms with Crippen molar-refractivity contribution >= 4 is 33.8 Å². The van der Waals surface area contributed by atoms with Crippen molar-refractivity contribution in [3.8, 4) is 0 Å². The van der Waals surface area contributed by atoms with Gasteiger partial charge < -0.3 is 9.47 Å². The summed E-state index contributed by atoms with van der Waals surface area (Å²) in [5, 5.41) is 10.0. The summed E-state index contributed by atoms with van der Waals surface area (Å²) in [6.07, 6.45) is 2.05. The first-order chi connectivity index (χ1) is 11.6. The van der Waals surface area contributed by atoms with Crippen LogP contribution in [0.5, 0.6) is 0 Å². The second-order valence-corrected chi connectivity index (χ2v) is 7.15. The molecule has 0 radical (unpaired) electrons. The van der Waals surface area contributed by atoms with Gasteiger partial charge in [0, 0.05) is 17.7 Å². The van der Waals surface area contributed by atoms with Crippen molar-refractivity contribution < 1.29 is 4.39 Å². The maximum Gasteiger partial charge on any atom is 0.211 e. The Kier molecular flexibility index (Phi) is 5.30. The number of benzene rings is 1. The molecule has 0 unspecified atom stereocenters. The molecule has 3 rings (SSSR count). The Morgan fingerprint density at radius 2 is 2.08 bits per heavy atom. The Morgan fingerprint density at radius 3 is 2.83 bits per heavy atom. The van der Waals surface area contributed by atoms with Gasteiger partial charge in [0.15, 0.2) is 5.65 Å². The molecule has 0 aliphatic rings. The van der Waals surface area contributed by atoms with Crippen LogP contribution in [-0.2, 0) is 6.54 Å². The molecule has 0 spiro atoms. The van der Waals surface area contributed by atoms with Gasteiger partial charge in [-0.2, -0.15) is 0 Å². The van der Waals surface area contributed by atoms with E-state index in [2.05, 4.69) is 40.7 Å². The topological polar surface area (TPSA) is 46.8 Å². The summed E-state index contributed by atoms with van der Waals surface area (Å²) in [4.78, 5) is 6.86. The highest BCUT2D eigenvalue weighted by molar-refractivity contribution is 7.99. The Bertz CT molecular complexity index is 846. The molecule has 0 amide bonds. The third-order valence-electron chi connectivity index (χ3n) is 3.84. The van der Waals surface area contributed by atoms with Gasteiger partial charge in [0.2, 0.25) is 5.16 Å². The van der Waals surface area contributed by atoms with Crippen molar-refractivity contribution in [1.29, 1.82) is 0 Å². The lowest BCUT2D eigenvalue weighted by molar-refractivity contribution is 0.410. The summed E-state index contributed by atoms with van der Waals surface area (Å²) in [6.45, 7) is 3.99. The van der Waals surface area contributed by atoms with Crippen molar-refractivity contribution in [1.82, 2.24) is 24.6 Å². The fourth-order valence-corrected chi connectivity index (χ4v) is 3.47. The van der Waals surface area contributed by atoms with E-state index in [1.807, 2.05) is 0 Å². The van der Waals surface area contributed by atoms with Gasteiger partial charge in [0.25, 0.3) is 0 Å². The largest absolute Gasteiger partial charge is 0.324 e. The van der Waals surface area contributed by atoms with Crippen LogP contribution in [0, 0.1) is 5.82 Å². The van der Waals surface area contributed by atoms with Crippen LogP contribution in [0.2, 0.25) is 0 Å². The van der Waals surface area contributed by atoms with Crippen LogP contribution in [-0.4, -0.2) is 51.0 Å². The molecule has 0 saturated heterocycles. The number of nitrogens with zero attached hydrogens (tertiary/aromatic N) is 5. The Hall–Kier alpha value is -1.73. The molecular formula is C17H22FN5S. The number of aryl methyl sites for hydroxylation is 1. The molecule has 2 heterocycles. The average Bonchev–Trinajstić information content (AvgIpc) is 2.85. The third-order valence-corrected chi connectivity index (χ3v) is 4.76. The summed E-state index contributed by atoms with van der Waals surface area (Å²) in [7, 11) is 4.13. The first-order valence-corrected chi connectivity index (χ1v) is 9.18. The van der Waals surface area contributed by atoms with Crippen LogP contribution in [0.1, 0.15) is 19.8 Å². The van der Waals surface area contributed by atoms with Gasteiger partial charge in [-0.25, -0.2) is 9.37 Å². The minimum Gasteiger partial charge on any atom is -0.324 e. The predicted octanol–water partition coefficient (Wildman–Crippen LogP) is 3.57. The van der Waals surface area contributed by atoms with E-state index < -0.39 is 0 Å². The molecule has 0 N–H and O–H groups in total. The zero-order chi connectivity index (χ0) is 17.1. The lowest BCUT2D eigenvalue weighted by Gasteiger charge is -2.08. The van der Waals surface area contributed by atoms with Crippen LogP contribution in [0.15, 0.2) is 23.4 Å². The smallest absolute Gasteiger partial charge is 0.211 e. The van der Waals surface area contributed by atoms with Gasteiger partial charge in [-0.15, -0.1) is 10.2 Å². The highest BCUT2D eigenvalue weighted by Crippen LogP contribution is 2.28. The summed E-state index contributed by atoms with van der Waals surface area (Å²) < 4.78 is 15.7. The molecule has 0 aliphatic carbocycles. The van der Waals surface area contributed by atoms with Gasteiger partial charge in [-0.1, -0.05) is 18.7 Å². The van der Waals surface area contributed by atoms with E-state index in [9.17, 15) is 4.39 Å². The lowest BCUT2D eigenvalue weighted by atomic mass is 10.2. The van der Waals surface area contributed by atoms with Crippen LogP contribution in [0.4, 0.5) is 4.39 Å². The third kappa shape index (κ3) is 3.52. The standard InChI is InChI=1S/C17H22FN5S/c1-4-8-23-14-7-6-12(18)11-13(14)15-16(23)19-17(21-20-15)24-10-5-9-22(2)3/h6-7,11H,4-5,8-10H2,1-3H3. The normalized spacial score (nSPS) is 11.9. The summed E-state index contributed by atoms with van der Waals surface area (Å²) >= 11 is 1.62. The Labute approximate surface area is 145 Å². The molecular weight excluding hydrogens is 325 g/mol. The zero-order valence-corrected chi connectivity index (χ0v) is 15.1. The van der Waals surface area contributed by atoms with Crippen molar-refractivity contribution in [2.75, 3.05) is 26.4 Å². The van der Waals surface area contributed by atoms with Crippen molar-refractivity contribution in [2.24, 2.45) is 0 Å². The summed E-state index contributed by atoms with van der Waals surface area (Å²) in [5.41, 5.74) is 2.43. The highest BCUT2D eigenvalue weighted by atomic mass is 32.2. The molecule has 0 atom stereocenters. The number of rotatable bonds is 7. The zero-order valence-electron chi connectivity index (χ0n) is 14.3. The van der Waals surface area contributed by atoms with Crippen molar-refractivity contribution in [3.05, 3.63) is 24.0 Å². The van der Waals surface area contributed by atoms with E-state index in [0.717, 1.165) is 48.2 Å². The number of fused-ring (bicyclic) bond motifs is 3. The summed E-state index contributed by atoms with van der Waals surface area (Å²) in [5.74, 6) is 0.690.